The van der Waals surface area contributed by atoms with Gasteiger partial charge in [-0.05, 0) is 30.5 Å². The van der Waals surface area contributed by atoms with Crippen LogP contribution in [0, 0.1) is 0 Å². The molecule has 0 amide bonds. The predicted molar refractivity (Wildman–Crippen MR) is 86.5 cm³/mol. The lowest BCUT2D eigenvalue weighted by molar-refractivity contribution is 0.610. The molecule has 1 atom stereocenters. The summed E-state index contributed by atoms with van der Waals surface area (Å²) in [6, 6.07) is 10.7. The van der Waals surface area contributed by atoms with Crippen molar-refractivity contribution in [3.05, 3.63) is 42.1 Å². The topological polar surface area (TPSA) is 50.9 Å². The van der Waals surface area contributed by atoms with Gasteiger partial charge in [0.25, 0.3) is 0 Å². The van der Waals surface area contributed by atoms with E-state index in [9.17, 15) is 0 Å². The maximum absolute atomic E-state index is 5.75. The smallest absolute Gasteiger partial charge is 0.0705 e. The fourth-order valence-corrected chi connectivity index (χ4v) is 4.25. The van der Waals surface area contributed by atoms with Crippen molar-refractivity contribution in [2.75, 3.05) is 5.75 Å². The van der Waals surface area contributed by atoms with E-state index in [1.54, 1.807) is 0 Å². The van der Waals surface area contributed by atoms with E-state index in [2.05, 4.69) is 46.4 Å². The van der Waals surface area contributed by atoms with Gasteiger partial charge in [-0.15, -0.1) is 0 Å². The molecule has 1 saturated carbocycles. The van der Waals surface area contributed by atoms with Crippen molar-refractivity contribution >= 4 is 22.7 Å². The molecule has 1 heterocycles. The van der Waals surface area contributed by atoms with Crippen molar-refractivity contribution in [1.29, 1.82) is 0 Å². The van der Waals surface area contributed by atoms with Gasteiger partial charge in [-0.3, -0.25) is 16.3 Å². The van der Waals surface area contributed by atoms with Crippen LogP contribution in [0.25, 0.3) is 10.9 Å². The van der Waals surface area contributed by atoms with Crippen LogP contribution in [0.2, 0.25) is 0 Å². The molecule has 1 aliphatic carbocycles. The number of aromatic nitrogens is 1. The Morgan fingerprint density at radius 2 is 2.15 bits per heavy atom. The van der Waals surface area contributed by atoms with E-state index in [1.807, 2.05) is 12.3 Å². The average molecular weight is 287 g/mol. The van der Waals surface area contributed by atoms with Gasteiger partial charge in [0.05, 0.1) is 11.6 Å². The monoisotopic (exact) mass is 287 g/mol. The second kappa shape index (κ2) is 6.57. The molecular formula is C16H21N3S. The summed E-state index contributed by atoms with van der Waals surface area (Å²) in [7, 11) is 0. The molecule has 0 bridgehead atoms. The molecule has 3 nitrogen and oxygen atoms in total. The number of hydrogen-bond donors (Lipinski definition) is 2. The molecule has 0 saturated heterocycles. The van der Waals surface area contributed by atoms with E-state index >= 15 is 0 Å². The van der Waals surface area contributed by atoms with Crippen LogP contribution in [-0.4, -0.2) is 16.0 Å². The van der Waals surface area contributed by atoms with Gasteiger partial charge in [-0.25, -0.2) is 0 Å². The molecule has 1 aliphatic rings. The standard InChI is InChI=1S/C16H21N3S/c17-19-16(11-20-14-5-1-2-6-14)13-8-7-12-4-3-9-18-15(12)10-13/h3-4,7-10,14,16,19H,1-2,5-6,11,17H2. The molecule has 3 N–H and O–H groups in total. The molecule has 0 spiro atoms. The summed E-state index contributed by atoms with van der Waals surface area (Å²) in [5.41, 5.74) is 5.22. The maximum Gasteiger partial charge on any atom is 0.0705 e. The van der Waals surface area contributed by atoms with Crippen LogP contribution in [0.5, 0.6) is 0 Å². The third-order valence-corrected chi connectivity index (χ3v) is 5.50. The number of nitrogens with one attached hydrogen (secondary N) is 1. The Bertz CT molecular complexity index is 566. The lowest BCUT2D eigenvalue weighted by atomic mass is 10.1. The second-order valence-corrected chi connectivity index (χ2v) is 6.75. The highest BCUT2D eigenvalue weighted by molar-refractivity contribution is 7.99. The summed E-state index contributed by atoms with van der Waals surface area (Å²) in [6.45, 7) is 0. The number of rotatable bonds is 5. The largest absolute Gasteiger partial charge is 0.271 e. The summed E-state index contributed by atoms with van der Waals surface area (Å²) in [5.74, 6) is 6.78. The SMILES string of the molecule is NNC(CSC1CCCC1)c1ccc2cccnc2c1. The van der Waals surface area contributed by atoms with Gasteiger partial charge in [0.2, 0.25) is 0 Å². The molecule has 1 unspecified atom stereocenters. The quantitative estimate of drug-likeness (QED) is 0.653. The molecule has 106 valence electrons. The number of hydrazine groups is 1. The third kappa shape index (κ3) is 3.14. The predicted octanol–water partition coefficient (Wildman–Crippen LogP) is 3.42. The lowest BCUT2D eigenvalue weighted by Crippen LogP contribution is -2.30. The Balaban J connectivity index is 1.72. The van der Waals surface area contributed by atoms with Crippen LogP contribution in [0.3, 0.4) is 0 Å². The molecule has 1 fully saturated rings. The minimum Gasteiger partial charge on any atom is -0.271 e. The van der Waals surface area contributed by atoms with Crippen molar-refractivity contribution in [2.45, 2.75) is 37.0 Å². The first kappa shape index (κ1) is 13.9. The number of pyridine rings is 1. The van der Waals surface area contributed by atoms with Crippen molar-refractivity contribution in [3.63, 3.8) is 0 Å². The van der Waals surface area contributed by atoms with Crippen molar-refractivity contribution < 1.29 is 0 Å². The van der Waals surface area contributed by atoms with Gasteiger partial charge in [0.1, 0.15) is 0 Å². The van der Waals surface area contributed by atoms with E-state index in [0.29, 0.717) is 0 Å². The van der Waals surface area contributed by atoms with E-state index in [0.717, 1.165) is 16.5 Å². The van der Waals surface area contributed by atoms with Gasteiger partial charge in [0.15, 0.2) is 0 Å². The Labute approximate surface area is 124 Å². The van der Waals surface area contributed by atoms with Crippen molar-refractivity contribution in [1.82, 2.24) is 10.4 Å². The molecule has 4 heteroatoms. The molecule has 0 radical (unpaired) electrons. The summed E-state index contributed by atoms with van der Waals surface area (Å²) in [5, 5.41) is 2.00. The normalized spacial score (nSPS) is 17.6. The molecule has 1 aromatic carbocycles. The van der Waals surface area contributed by atoms with Crippen LogP contribution in [-0.2, 0) is 0 Å². The Kier molecular flexibility index (Phi) is 4.55. The minimum atomic E-state index is 0.201. The Hall–Kier alpha value is -1.10. The zero-order valence-corrected chi connectivity index (χ0v) is 12.4. The van der Waals surface area contributed by atoms with E-state index in [4.69, 9.17) is 5.84 Å². The highest BCUT2D eigenvalue weighted by Crippen LogP contribution is 2.32. The summed E-state index contributed by atoms with van der Waals surface area (Å²) in [6.07, 6.45) is 7.34. The van der Waals surface area contributed by atoms with Crippen LogP contribution in [0.15, 0.2) is 36.5 Å². The van der Waals surface area contributed by atoms with E-state index in [1.165, 1.54) is 36.6 Å². The number of thioether (sulfide) groups is 1. The number of benzene rings is 1. The first-order valence-corrected chi connectivity index (χ1v) is 8.34. The Morgan fingerprint density at radius 3 is 2.95 bits per heavy atom. The number of nitrogens with two attached hydrogens (primary N) is 1. The number of fused-ring (bicyclic) bond motifs is 1. The van der Waals surface area contributed by atoms with Gasteiger partial charge >= 0.3 is 0 Å². The first-order valence-electron chi connectivity index (χ1n) is 7.29. The van der Waals surface area contributed by atoms with Gasteiger partial charge in [-0.1, -0.05) is 31.0 Å². The minimum absolute atomic E-state index is 0.201. The van der Waals surface area contributed by atoms with Crippen LogP contribution >= 0.6 is 11.8 Å². The van der Waals surface area contributed by atoms with Crippen molar-refractivity contribution in [2.24, 2.45) is 5.84 Å². The van der Waals surface area contributed by atoms with E-state index in [-0.39, 0.29) is 6.04 Å². The van der Waals surface area contributed by atoms with Crippen LogP contribution < -0.4 is 11.3 Å². The third-order valence-electron chi connectivity index (χ3n) is 4.03. The zero-order valence-electron chi connectivity index (χ0n) is 11.6. The molecule has 20 heavy (non-hydrogen) atoms. The number of nitrogens with zero attached hydrogens (tertiary/aromatic N) is 1. The summed E-state index contributed by atoms with van der Waals surface area (Å²) in [4.78, 5) is 4.42. The highest BCUT2D eigenvalue weighted by atomic mass is 32.2. The van der Waals surface area contributed by atoms with Crippen LogP contribution in [0.1, 0.15) is 37.3 Å². The first-order chi connectivity index (χ1) is 9.86. The molecule has 1 aromatic heterocycles. The highest BCUT2D eigenvalue weighted by Gasteiger charge is 2.18. The molecule has 0 aliphatic heterocycles. The Morgan fingerprint density at radius 1 is 1.30 bits per heavy atom. The second-order valence-electron chi connectivity index (χ2n) is 5.41. The average Bonchev–Trinajstić information content (AvgIpc) is 3.01. The molecule has 2 aromatic rings. The lowest BCUT2D eigenvalue weighted by Gasteiger charge is -2.18. The van der Waals surface area contributed by atoms with Gasteiger partial charge in [0, 0.05) is 22.6 Å². The maximum atomic E-state index is 5.75. The summed E-state index contributed by atoms with van der Waals surface area (Å²) >= 11 is 2.05. The van der Waals surface area contributed by atoms with E-state index < -0.39 is 0 Å². The summed E-state index contributed by atoms with van der Waals surface area (Å²) < 4.78 is 0. The molecular weight excluding hydrogens is 266 g/mol. The van der Waals surface area contributed by atoms with Gasteiger partial charge < -0.3 is 0 Å². The zero-order chi connectivity index (χ0) is 13.8. The number of hydrogen-bond acceptors (Lipinski definition) is 4. The fourth-order valence-electron chi connectivity index (χ4n) is 2.83. The molecule has 3 rings (SSSR count). The van der Waals surface area contributed by atoms with Crippen LogP contribution in [0.4, 0.5) is 0 Å². The fraction of sp³-hybridized carbons (Fsp3) is 0.438. The van der Waals surface area contributed by atoms with Crippen molar-refractivity contribution in [3.8, 4) is 0 Å². The van der Waals surface area contributed by atoms with Gasteiger partial charge in [-0.2, -0.15) is 11.8 Å².